The Bertz CT molecular complexity index is 295. The van der Waals surface area contributed by atoms with Crippen molar-refractivity contribution in [3.63, 3.8) is 0 Å². The molecule has 1 atom stereocenters. The molecule has 0 saturated heterocycles. The van der Waals surface area contributed by atoms with Crippen LogP contribution in [0, 0.1) is 5.92 Å². The fraction of sp³-hybridized carbons (Fsp3) is 0.700. The molecule has 0 spiro atoms. The SMILES string of the molecule is CC(C)C(=O)C(CNC(=O)CCl)NC(=O)CCl. The molecule has 98 valence electrons. The summed E-state index contributed by atoms with van der Waals surface area (Å²) in [6.07, 6.45) is 0. The molecule has 5 nitrogen and oxygen atoms in total. The highest BCUT2D eigenvalue weighted by molar-refractivity contribution is 6.27. The first kappa shape index (κ1) is 16.2. The number of carbonyl (C=O) groups excluding carboxylic acids is 3. The molecule has 0 heterocycles. The summed E-state index contributed by atoms with van der Waals surface area (Å²) >= 11 is 10.6. The second-order valence-electron chi connectivity index (χ2n) is 3.75. The van der Waals surface area contributed by atoms with Crippen LogP contribution in [0.25, 0.3) is 0 Å². The molecular weight excluding hydrogens is 267 g/mol. The van der Waals surface area contributed by atoms with Crippen molar-refractivity contribution in [2.45, 2.75) is 19.9 Å². The number of alkyl halides is 2. The van der Waals surface area contributed by atoms with Gasteiger partial charge >= 0.3 is 0 Å². The number of rotatable bonds is 7. The number of hydrogen-bond acceptors (Lipinski definition) is 3. The lowest BCUT2D eigenvalue weighted by atomic mass is 10.0. The molecule has 7 heteroatoms. The van der Waals surface area contributed by atoms with Gasteiger partial charge < -0.3 is 10.6 Å². The van der Waals surface area contributed by atoms with Crippen molar-refractivity contribution in [1.29, 1.82) is 0 Å². The van der Waals surface area contributed by atoms with Gasteiger partial charge in [0.15, 0.2) is 5.78 Å². The molecule has 1 unspecified atom stereocenters. The van der Waals surface area contributed by atoms with Crippen molar-refractivity contribution in [3.8, 4) is 0 Å². The summed E-state index contributed by atoms with van der Waals surface area (Å²) in [5, 5.41) is 4.90. The summed E-state index contributed by atoms with van der Waals surface area (Å²) in [6.45, 7) is 3.45. The maximum absolute atomic E-state index is 11.8. The number of nitrogens with one attached hydrogen (secondary N) is 2. The van der Waals surface area contributed by atoms with Gasteiger partial charge in [-0.2, -0.15) is 0 Å². The van der Waals surface area contributed by atoms with E-state index >= 15 is 0 Å². The number of halogens is 2. The Morgan fingerprint density at radius 1 is 1.06 bits per heavy atom. The number of amides is 2. The van der Waals surface area contributed by atoms with Crippen LogP contribution in [0.15, 0.2) is 0 Å². The Labute approximate surface area is 110 Å². The third-order valence-electron chi connectivity index (χ3n) is 1.99. The van der Waals surface area contributed by atoms with Crippen LogP contribution >= 0.6 is 23.2 Å². The monoisotopic (exact) mass is 282 g/mol. The largest absolute Gasteiger partial charge is 0.353 e. The van der Waals surface area contributed by atoms with Gasteiger partial charge in [-0.15, -0.1) is 23.2 Å². The molecule has 0 fully saturated rings. The Balaban J connectivity index is 4.45. The number of Topliss-reactive ketones (excluding diaryl/α,β-unsaturated/α-hetero) is 1. The molecule has 0 rings (SSSR count). The summed E-state index contributed by atoms with van der Waals surface area (Å²) in [7, 11) is 0. The van der Waals surface area contributed by atoms with Crippen LogP contribution in [0.5, 0.6) is 0 Å². The molecule has 0 aliphatic heterocycles. The second kappa shape index (κ2) is 8.31. The van der Waals surface area contributed by atoms with Crippen molar-refractivity contribution in [1.82, 2.24) is 10.6 Å². The highest BCUT2D eigenvalue weighted by Crippen LogP contribution is 2.00. The van der Waals surface area contributed by atoms with E-state index in [4.69, 9.17) is 23.2 Å². The molecule has 2 amide bonds. The molecule has 0 aromatic rings. The predicted molar refractivity (Wildman–Crippen MR) is 66.2 cm³/mol. The average molecular weight is 283 g/mol. The number of carbonyl (C=O) groups is 3. The first-order valence-electron chi connectivity index (χ1n) is 5.14. The van der Waals surface area contributed by atoms with E-state index in [9.17, 15) is 14.4 Å². The van der Waals surface area contributed by atoms with Crippen LogP contribution in [0.3, 0.4) is 0 Å². The molecule has 0 saturated carbocycles. The predicted octanol–water partition coefficient (Wildman–Crippen LogP) is 0.290. The highest BCUT2D eigenvalue weighted by atomic mass is 35.5. The third kappa shape index (κ3) is 6.48. The van der Waals surface area contributed by atoms with Crippen LogP contribution in [0.1, 0.15) is 13.8 Å². The second-order valence-corrected chi connectivity index (χ2v) is 4.28. The minimum Gasteiger partial charge on any atom is -0.353 e. The molecule has 17 heavy (non-hydrogen) atoms. The zero-order valence-corrected chi connectivity index (χ0v) is 11.3. The molecular formula is C10H16Cl2N2O3. The van der Waals surface area contributed by atoms with Gasteiger partial charge in [0.05, 0.1) is 0 Å². The number of hydrogen-bond donors (Lipinski definition) is 2. The summed E-state index contributed by atoms with van der Waals surface area (Å²) in [6, 6.07) is -0.770. The lowest BCUT2D eigenvalue weighted by molar-refractivity contribution is -0.128. The Morgan fingerprint density at radius 3 is 2.00 bits per heavy atom. The van der Waals surface area contributed by atoms with Crippen molar-refractivity contribution < 1.29 is 14.4 Å². The van der Waals surface area contributed by atoms with Crippen LogP contribution in [0.2, 0.25) is 0 Å². The van der Waals surface area contributed by atoms with E-state index in [1.54, 1.807) is 13.8 Å². The van der Waals surface area contributed by atoms with E-state index in [1.807, 2.05) is 0 Å². The van der Waals surface area contributed by atoms with Crippen molar-refractivity contribution in [2.24, 2.45) is 5.92 Å². The fourth-order valence-corrected chi connectivity index (χ4v) is 1.29. The maximum atomic E-state index is 11.8. The third-order valence-corrected chi connectivity index (χ3v) is 2.48. The minimum absolute atomic E-state index is 0.0190. The smallest absolute Gasteiger partial charge is 0.235 e. The van der Waals surface area contributed by atoms with Crippen LogP contribution in [-0.4, -0.2) is 41.9 Å². The molecule has 0 aromatic carbocycles. The van der Waals surface area contributed by atoms with Gasteiger partial charge in [-0.25, -0.2) is 0 Å². The molecule has 0 aliphatic rings. The summed E-state index contributed by atoms with van der Waals surface area (Å²) < 4.78 is 0. The number of ketones is 1. The van der Waals surface area contributed by atoms with E-state index < -0.39 is 17.9 Å². The normalized spacial score (nSPS) is 12.1. The first-order chi connectivity index (χ1) is 7.92. The van der Waals surface area contributed by atoms with E-state index in [0.717, 1.165) is 0 Å². The molecule has 0 radical (unpaired) electrons. The zero-order valence-electron chi connectivity index (χ0n) is 9.76. The van der Waals surface area contributed by atoms with Gasteiger partial charge in [0, 0.05) is 12.5 Å². The average Bonchev–Trinajstić information content (AvgIpc) is 2.32. The van der Waals surface area contributed by atoms with Gasteiger partial charge in [-0.05, 0) is 0 Å². The minimum atomic E-state index is -0.770. The fourth-order valence-electron chi connectivity index (χ4n) is 1.12. The van der Waals surface area contributed by atoms with Crippen molar-refractivity contribution in [3.05, 3.63) is 0 Å². The molecule has 0 aromatic heterocycles. The Morgan fingerprint density at radius 2 is 1.59 bits per heavy atom. The molecule has 0 aliphatic carbocycles. The topological polar surface area (TPSA) is 75.3 Å². The van der Waals surface area contributed by atoms with E-state index in [0.29, 0.717) is 0 Å². The summed E-state index contributed by atoms with van der Waals surface area (Å²) in [5.41, 5.74) is 0. The molecule has 0 bridgehead atoms. The zero-order chi connectivity index (χ0) is 13.4. The van der Waals surface area contributed by atoms with Gasteiger partial charge in [-0.1, -0.05) is 13.8 Å². The lowest BCUT2D eigenvalue weighted by Gasteiger charge is -2.19. The van der Waals surface area contributed by atoms with Gasteiger partial charge in [0.2, 0.25) is 11.8 Å². The Hall–Kier alpha value is -0.810. The Kier molecular flexibility index (Phi) is 7.91. The highest BCUT2D eigenvalue weighted by Gasteiger charge is 2.23. The van der Waals surface area contributed by atoms with E-state index in [2.05, 4.69) is 10.6 Å². The van der Waals surface area contributed by atoms with Gasteiger partial charge in [0.25, 0.3) is 0 Å². The van der Waals surface area contributed by atoms with Crippen molar-refractivity contribution >= 4 is 40.8 Å². The quantitative estimate of drug-likeness (QED) is 0.659. The van der Waals surface area contributed by atoms with E-state index in [-0.39, 0.29) is 30.0 Å². The summed E-state index contributed by atoms with van der Waals surface area (Å²) in [4.78, 5) is 33.9. The summed E-state index contributed by atoms with van der Waals surface area (Å²) in [5.74, 6) is -1.68. The first-order valence-corrected chi connectivity index (χ1v) is 6.21. The van der Waals surface area contributed by atoms with Gasteiger partial charge in [0.1, 0.15) is 17.8 Å². The van der Waals surface area contributed by atoms with Crippen LogP contribution < -0.4 is 10.6 Å². The van der Waals surface area contributed by atoms with Crippen LogP contribution in [0.4, 0.5) is 0 Å². The standard InChI is InChI=1S/C10H16Cl2N2O3/c1-6(2)10(17)7(14-9(16)4-12)5-13-8(15)3-11/h6-7H,3-5H2,1-2H3,(H,13,15)(H,14,16). The van der Waals surface area contributed by atoms with Gasteiger partial charge in [-0.3, -0.25) is 14.4 Å². The molecule has 2 N–H and O–H groups in total. The van der Waals surface area contributed by atoms with Crippen LogP contribution in [-0.2, 0) is 14.4 Å². The van der Waals surface area contributed by atoms with Crippen molar-refractivity contribution in [2.75, 3.05) is 18.3 Å². The van der Waals surface area contributed by atoms with E-state index in [1.165, 1.54) is 0 Å². The lowest BCUT2D eigenvalue weighted by Crippen LogP contribution is -2.50. The maximum Gasteiger partial charge on any atom is 0.235 e.